The molecule has 1 amide bonds. The Kier molecular flexibility index (Phi) is 4.53. The van der Waals surface area contributed by atoms with Crippen LogP contribution in [0.2, 0.25) is 0 Å². The van der Waals surface area contributed by atoms with Gasteiger partial charge in [-0.25, -0.2) is 4.79 Å². The number of rotatable bonds is 5. The van der Waals surface area contributed by atoms with Crippen molar-refractivity contribution in [2.24, 2.45) is 0 Å². The van der Waals surface area contributed by atoms with Crippen LogP contribution in [-0.4, -0.2) is 23.1 Å². The molecule has 0 radical (unpaired) electrons. The Labute approximate surface area is 112 Å². The molecule has 104 valence electrons. The van der Waals surface area contributed by atoms with Crippen molar-refractivity contribution in [3.63, 3.8) is 0 Å². The summed E-state index contributed by atoms with van der Waals surface area (Å²) in [7, 11) is 0. The summed E-state index contributed by atoms with van der Waals surface area (Å²) in [6.45, 7) is 6.56. The second kappa shape index (κ2) is 5.73. The van der Waals surface area contributed by atoms with Gasteiger partial charge in [0.1, 0.15) is 5.75 Å². The van der Waals surface area contributed by atoms with E-state index < -0.39 is 17.4 Å². The Morgan fingerprint density at radius 1 is 1.26 bits per heavy atom. The standard InChI is InChI=1S/C14H19NO4/c1-9(2)19-12-7-5-11(6-8-12)14(4,13(17)18)15-10(3)16/h5-9H,1-4H3,(H,15,16)(H,17,18). The minimum absolute atomic E-state index is 0.0482. The van der Waals surface area contributed by atoms with E-state index >= 15 is 0 Å². The number of amides is 1. The molecule has 1 unspecified atom stereocenters. The highest BCUT2D eigenvalue weighted by molar-refractivity contribution is 5.86. The third kappa shape index (κ3) is 3.71. The van der Waals surface area contributed by atoms with Gasteiger partial charge in [-0.3, -0.25) is 4.79 Å². The van der Waals surface area contributed by atoms with Gasteiger partial charge in [0.15, 0.2) is 5.54 Å². The van der Waals surface area contributed by atoms with E-state index in [1.807, 2.05) is 13.8 Å². The van der Waals surface area contributed by atoms with Gasteiger partial charge < -0.3 is 15.2 Å². The van der Waals surface area contributed by atoms with Crippen molar-refractivity contribution in [2.45, 2.75) is 39.3 Å². The number of benzene rings is 1. The van der Waals surface area contributed by atoms with E-state index in [1.54, 1.807) is 24.3 Å². The fraction of sp³-hybridized carbons (Fsp3) is 0.429. The van der Waals surface area contributed by atoms with Gasteiger partial charge in [0.2, 0.25) is 5.91 Å². The molecule has 5 heteroatoms. The molecule has 0 fully saturated rings. The molecule has 0 aliphatic carbocycles. The number of hydrogen-bond acceptors (Lipinski definition) is 3. The minimum Gasteiger partial charge on any atom is -0.491 e. The van der Waals surface area contributed by atoms with Gasteiger partial charge in [-0.05, 0) is 38.5 Å². The number of aliphatic carboxylic acids is 1. The van der Waals surface area contributed by atoms with Crippen LogP contribution in [0.4, 0.5) is 0 Å². The molecule has 0 aliphatic heterocycles. The van der Waals surface area contributed by atoms with Crippen LogP contribution in [0.25, 0.3) is 0 Å². The molecule has 2 N–H and O–H groups in total. The molecule has 5 nitrogen and oxygen atoms in total. The summed E-state index contributed by atoms with van der Waals surface area (Å²) >= 11 is 0. The number of hydrogen-bond donors (Lipinski definition) is 2. The van der Waals surface area contributed by atoms with Gasteiger partial charge in [-0.15, -0.1) is 0 Å². The van der Waals surface area contributed by atoms with Crippen molar-refractivity contribution >= 4 is 11.9 Å². The molecule has 0 spiro atoms. The molecule has 1 aromatic rings. The topological polar surface area (TPSA) is 75.6 Å². The fourth-order valence-electron chi connectivity index (χ4n) is 1.74. The number of carboxylic acids is 1. The van der Waals surface area contributed by atoms with Crippen molar-refractivity contribution in [1.82, 2.24) is 5.32 Å². The summed E-state index contributed by atoms with van der Waals surface area (Å²) < 4.78 is 5.49. The van der Waals surface area contributed by atoms with Gasteiger partial charge in [0, 0.05) is 6.92 Å². The van der Waals surface area contributed by atoms with Crippen molar-refractivity contribution in [1.29, 1.82) is 0 Å². The number of nitrogens with one attached hydrogen (secondary N) is 1. The first-order chi connectivity index (χ1) is 8.75. The third-order valence-electron chi connectivity index (χ3n) is 2.66. The Bertz CT molecular complexity index is 467. The lowest BCUT2D eigenvalue weighted by molar-refractivity contribution is -0.147. The van der Waals surface area contributed by atoms with Crippen LogP contribution in [0.3, 0.4) is 0 Å². The average molecular weight is 265 g/mol. The first kappa shape index (κ1) is 15.0. The lowest BCUT2D eigenvalue weighted by Crippen LogP contribution is -2.48. The quantitative estimate of drug-likeness (QED) is 0.852. The molecule has 1 rings (SSSR count). The third-order valence-corrected chi connectivity index (χ3v) is 2.66. The van der Waals surface area contributed by atoms with E-state index in [0.29, 0.717) is 11.3 Å². The fourth-order valence-corrected chi connectivity index (χ4v) is 1.74. The van der Waals surface area contributed by atoms with Crippen molar-refractivity contribution in [2.75, 3.05) is 0 Å². The van der Waals surface area contributed by atoms with E-state index in [-0.39, 0.29) is 6.10 Å². The Morgan fingerprint density at radius 2 is 1.79 bits per heavy atom. The summed E-state index contributed by atoms with van der Waals surface area (Å²) in [6, 6.07) is 6.67. The normalized spacial score (nSPS) is 13.7. The Balaban J connectivity index is 3.04. The smallest absolute Gasteiger partial charge is 0.333 e. The summed E-state index contributed by atoms with van der Waals surface area (Å²) in [5, 5.41) is 11.8. The molecule has 0 aliphatic rings. The van der Waals surface area contributed by atoms with Crippen LogP contribution >= 0.6 is 0 Å². The zero-order chi connectivity index (χ0) is 14.6. The van der Waals surface area contributed by atoms with Crippen LogP contribution in [0, 0.1) is 0 Å². The van der Waals surface area contributed by atoms with Crippen LogP contribution in [0.1, 0.15) is 33.3 Å². The van der Waals surface area contributed by atoms with E-state index in [1.165, 1.54) is 13.8 Å². The number of carboxylic acid groups (broad SMARTS) is 1. The molecule has 1 atom stereocenters. The van der Waals surface area contributed by atoms with Gasteiger partial charge in [-0.1, -0.05) is 12.1 Å². The molecule has 0 heterocycles. The van der Waals surface area contributed by atoms with Gasteiger partial charge in [0.25, 0.3) is 0 Å². The maximum Gasteiger partial charge on any atom is 0.333 e. The predicted molar refractivity (Wildman–Crippen MR) is 71.0 cm³/mol. The largest absolute Gasteiger partial charge is 0.491 e. The predicted octanol–water partition coefficient (Wildman–Crippen LogP) is 1.91. The SMILES string of the molecule is CC(=O)NC(C)(C(=O)O)c1ccc(OC(C)C)cc1. The molecule has 1 aromatic carbocycles. The molecular formula is C14H19NO4. The van der Waals surface area contributed by atoms with Gasteiger partial charge in [-0.2, -0.15) is 0 Å². The highest BCUT2D eigenvalue weighted by Crippen LogP contribution is 2.24. The molecular weight excluding hydrogens is 246 g/mol. The summed E-state index contributed by atoms with van der Waals surface area (Å²) in [5.41, 5.74) is -0.950. The lowest BCUT2D eigenvalue weighted by atomic mass is 9.92. The number of ether oxygens (including phenoxy) is 1. The molecule has 0 saturated heterocycles. The maximum atomic E-state index is 11.4. The average Bonchev–Trinajstić information content (AvgIpc) is 2.27. The monoisotopic (exact) mass is 265 g/mol. The number of carbonyl (C=O) groups excluding carboxylic acids is 1. The summed E-state index contributed by atoms with van der Waals surface area (Å²) in [4.78, 5) is 22.5. The van der Waals surface area contributed by atoms with Crippen LogP contribution in [-0.2, 0) is 15.1 Å². The molecule has 19 heavy (non-hydrogen) atoms. The first-order valence-corrected chi connectivity index (χ1v) is 6.05. The van der Waals surface area contributed by atoms with Crippen molar-refractivity contribution < 1.29 is 19.4 Å². The van der Waals surface area contributed by atoms with E-state index in [2.05, 4.69) is 5.32 Å². The minimum atomic E-state index is -1.44. The lowest BCUT2D eigenvalue weighted by Gasteiger charge is -2.26. The van der Waals surface area contributed by atoms with Crippen molar-refractivity contribution in [3.05, 3.63) is 29.8 Å². The number of carbonyl (C=O) groups is 2. The molecule has 0 bridgehead atoms. The van der Waals surface area contributed by atoms with Gasteiger partial charge in [0.05, 0.1) is 6.10 Å². The molecule has 0 aromatic heterocycles. The Morgan fingerprint density at radius 3 is 2.16 bits per heavy atom. The second-order valence-corrected chi connectivity index (χ2v) is 4.80. The van der Waals surface area contributed by atoms with E-state index in [4.69, 9.17) is 4.74 Å². The molecule has 0 saturated carbocycles. The van der Waals surface area contributed by atoms with Crippen LogP contribution in [0.15, 0.2) is 24.3 Å². The second-order valence-electron chi connectivity index (χ2n) is 4.80. The van der Waals surface area contributed by atoms with E-state index in [9.17, 15) is 14.7 Å². The highest BCUT2D eigenvalue weighted by Gasteiger charge is 2.36. The summed E-state index contributed by atoms with van der Waals surface area (Å²) in [6.07, 6.45) is 0.0482. The zero-order valence-electron chi connectivity index (χ0n) is 11.6. The van der Waals surface area contributed by atoms with Crippen molar-refractivity contribution in [3.8, 4) is 5.75 Å². The Hall–Kier alpha value is -2.04. The van der Waals surface area contributed by atoms with E-state index in [0.717, 1.165) is 0 Å². The highest BCUT2D eigenvalue weighted by atomic mass is 16.5. The zero-order valence-corrected chi connectivity index (χ0v) is 11.6. The van der Waals surface area contributed by atoms with Crippen LogP contribution < -0.4 is 10.1 Å². The first-order valence-electron chi connectivity index (χ1n) is 6.05. The van der Waals surface area contributed by atoms with Crippen LogP contribution in [0.5, 0.6) is 5.75 Å². The maximum absolute atomic E-state index is 11.4. The van der Waals surface area contributed by atoms with Gasteiger partial charge >= 0.3 is 5.97 Å². The summed E-state index contributed by atoms with van der Waals surface area (Å²) in [5.74, 6) is -0.845.